The summed E-state index contributed by atoms with van der Waals surface area (Å²) in [6, 6.07) is 11.5. The molecule has 4 nitrogen and oxygen atoms in total. The zero-order chi connectivity index (χ0) is 16.0. The van der Waals surface area contributed by atoms with Gasteiger partial charge in [-0.2, -0.15) is 0 Å². The molecule has 0 saturated carbocycles. The topological polar surface area (TPSA) is 55.2 Å². The number of nitro groups is 1. The Bertz CT molecular complexity index is 818. The number of hydrogen-bond donors (Lipinski definition) is 1. The van der Waals surface area contributed by atoms with Crippen molar-refractivity contribution in [2.45, 2.75) is 18.4 Å². The maximum Gasteiger partial charge on any atom is 0.292 e. The molecule has 1 aliphatic heterocycles. The van der Waals surface area contributed by atoms with Crippen molar-refractivity contribution < 1.29 is 9.31 Å². The predicted molar refractivity (Wildman–Crippen MR) is 85.8 cm³/mol. The van der Waals surface area contributed by atoms with Gasteiger partial charge in [-0.25, -0.2) is 4.39 Å². The third-order valence-corrected chi connectivity index (χ3v) is 4.81. The Hall–Kier alpha value is -2.69. The van der Waals surface area contributed by atoms with Crippen LogP contribution in [0, 0.1) is 21.8 Å². The molecule has 2 aromatic rings. The molecular formula is C18H15FN2O2. The van der Waals surface area contributed by atoms with Gasteiger partial charge in [0.05, 0.1) is 11.0 Å². The van der Waals surface area contributed by atoms with E-state index in [0.29, 0.717) is 11.3 Å². The van der Waals surface area contributed by atoms with Gasteiger partial charge in [0, 0.05) is 17.5 Å². The molecular weight excluding hydrogens is 295 g/mol. The van der Waals surface area contributed by atoms with E-state index in [9.17, 15) is 14.5 Å². The van der Waals surface area contributed by atoms with Gasteiger partial charge in [0.2, 0.25) is 0 Å². The second-order valence-electron chi connectivity index (χ2n) is 6.00. The minimum absolute atomic E-state index is 0.0441. The Morgan fingerprint density at radius 2 is 1.91 bits per heavy atom. The lowest BCUT2D eigenvalue weighted by molar-refractivity contribution is -0.384. The molecule has 0 aromatic heterocycles. The van der Waals surface area contributed by atoms with Gasteiger partial charge in [-0.1, -0.05) is 42.5 Å². The van der Waals surface area contributed by atoms with Crippen LogP contribution in [0.3, 0.4) is 0 Å². The normalized spacial score (nSPS) is 24.7. The first-order chi connectivity index (χ1) is 11.2. The summed E-state index contributed by atoms with van der Waals surface area (Å²) in [6.07, 6.45) is 5.00. The minimum Gasteiger partial charge on any atom is -0.372 e. The van der Waals surface area contributed by atoms with E-state index in [0.717, 1.165) is 12.0 Å². The third kappa shape index (κ3) is 2.11. The van der Waals surface area contributed by atoms with Crippen molar-refractivity contribution in [1.29, 1.82) is 0 Å². The lowest BCUT2D eigenvalue weighted by Crippen LogP contribution is -2.30. The van der Waals surface area contributed by atoms with Crippen LogP contribution in [0.15, 0.2) is 54.6 Å². The van der Waals surface area contributed by atoms with Crippen molar-refractivity contribution in [2.75, 3.05) is 5.32 Å². The van der Waals surface area contributed by atoms with Crippen molar-refractivity contribution in [3.63, 3.8) is 0 Å². The average Bonchev–Trinajstić information content (AvgIpc) is 3.04. The van der Waals surface area contributed by atoms with Gasteiger partial charge in [-0.05, 0) is 24.0 Å². The van der Waals surface area contributed by atoms with Gasteiger partial charge in [0.15, 0.2) is 0 Å². The number of nitrogens with zero attached hydrogens (tertiary/aromatic N) is 1. The Morgan fingerprint density at radius 3 is 2.70 bits per heavy atom. The molecule has 2 aromatic carbocycles. The van der Waals surface area contributed by atoms with E-state index in [1.165, 1.54) is 12.1 Å². The second-order valence-corrected chi connectivity index (χ2v) is 6.00. The highest BCUT2D eigenvalue weighted by atomic mass is 19.1. The van der Waals surface area contributed by atoms with E-state index in [1.807, 2.05) is 6.07 Å². The van der Waals surface area contributed by atoms with Gasteiger partial charge in [-0.15, -0.1) is 0 Å². The largest absolute Gasteiger partial charge is 0.372 e. The van der Waals surface area contributed by atoms with Crippen LogP contribution in [-0.4, -0.2) is 4.92 Å². The summed E-state index contributed by atoms with van der Waals surface area (Å²) in [5.74, 6) is -0.0326. The molecule has 0 unspecified atom stereocenters. The van der Waals surface area contributed by atoms with Crippen LogP contribution in [0.25, 0.3) is 0 Å². The molecule has 0 spiro atoms. The first-order valence-electron chi connectivity index (χ1n) is 7.61. The summed E-state index contributed by atoms with van der Waals surface area (Å²) in [7, 11) is 0. The van der Waals surface area contributed by atoms with Gasteiger partial charge in [0.25, 0.3) is 5.69 Å². The third-order valence-electron chi connectivity index (χ3n) is 4.81. The number of nitrogens with one attached hydrogen (secondary N) is 1. The lowest BCUT2D eigenvalue weighted by Gasteiger charge is -2.37. The molecule has 116 valence electrons. The molecule has 1 N–H and O–H groups in total. The smallest absolute Gasteiger partial charge is 0.292 e. The van der Waals surface area contributed by atoms with Crippen LogP contribution in [0.5, 0.6) is 0 Å². The SMILES string of the molecule is O=[N+]([O-])c1cccc2c1N[C@H](c1ccccc1F)[C@@H]1CC=C[C@H]21. The highest BCUT2D eigenvalue weighted by Crippen LogP contribution is 2.52. The van der Waals surface area contributed by atoms with Crippen LogP contribution >= 0.6 is 0 Å². The van der Waals surface area contributed by atoms with Crippen LogP contribution in [0.4, 0.5) is 15.8 Å². The first kappa shape index (κ1) is 13.9. The quantitative estimate of drug-likeness (QED) is 0.502. The number of nitro benzene ring substituents is 1. The monoisotopic (exact) mass is 310 g/mol. The number of hydrogen-bond acceptors (Lipinski definition) is 3. The summed E-state index contributed by atoms with van der Waals surface area (Å²) in [5, 5.41) is 14.6. The molecule has 1 aliphatic carbocycles. The molecule has 0 saturated heterocycles. The zero-order valence-electron chi connectivity index (χ0n) is 12.3. The molecule has 23 heavy (non-hydrogen) atoms. The number of para-hydroxylation sites is 1. The van der Waals surface area contributed by atoms with Crippen LogP contribution in [0.1, 0.15) is 29.5 Å². The Balaban J connectivity index is 1.87. The van der Waals surface area contributed by atoms with Crippen molar-refractivity contribution in [1.82, 2.24) is 0 Å². The van der Waals surface area contributed by atoms with Crippen molar-refractivity contribution in [3.8, 4) is 0 Å². The molecule has 0 bridgehead atoms. The molecule has 0 fully saturated rings. The number of allylic oxidation sites excluding steroid dienone is 2. The minimum atomic E-state index is -0.386. The number of fused-ring (bicyclic) bond motifs is 3. The lowest BCUT2D eigenvalue weighted by atomic mass is 9.76. The van der Waals surface area contributed by atoms with Gasteiger partial charge >= 0.3 is 0 Å². The van der Waals surface area contributed by atoms with Gasteiger partial charge in [-0.3, -0.25) is 10.1 Å². The predicted octanol–water partition coefficient (Wildman–Crippen LogP) is 4.56. The number of rotatable bonds is 2. The molecule has 2 aliphatic rings. The second kappa shape index (κ2) is 5.19. The number of halogens is 1. The maximum absolute atomic E-state index is 14.3. The Kier molecular flexibility index (Phi) is 3.15. The molecule has 4 rings (SSSR count). The summed E-state index contributed by atoms with van der Waals surface area (Å²) >= 11 is 0. The first-order valence-corrected chi connectivity index (χ1v) is 7.61. The van der Waals surface area contributed by atoms with E-state index in [-0.39, 0.29) is 34.3 Å². The molecule has 1 heterocycles. The standard InChI is InChI=1S/C18H15FN2O2/c19-15-9-2-1-5-14(15)17-12-7-3-6-11(12)13-8-4-10-16(21(22)23)18(13)20-17/h1-6,8-12,17,20H,7H2/t11-,12+,17-/m0/s1. The zero-order valence-corrected chi connectivity index (χ0v) is 12.3. The number of anilines is 1. The Labute approximate surface area is 132 Å². The van der Waals surface area contributed by atoms with Gasteiger partial charge in [0.1, 0.15) is 11.5 Å². The molecule has 5 heteroatoms. The van der Waals surface area contributed by atoms with Crippen LogP contribution in [-0.2, 0) is 0 Å². The van der Waals surface area contributed by atoms with Crippen LogP contribution < -0.4 is 5.32 Å². The summed E-state index contributed by atoms with van der Waals surface area (Å²) in [6.45, 7) is 0. The van der Waals surface area contributed by atoms with Gasteiger partial charge < -0.3 is 5.32 Å². The summed E-state index contributed by atoms with van der Waals surface area (Å²) in [4.78, 5) is 11.0. The van der Waals surface area contributed by atoms with Crippen molar-refractivity contribution in [2.24, 2.45) is 5.92 Å². The van der Waals surface area contributed by atoms with E-state index in [2.05, 4.69) is 17.5 Å². The number of benzene rings is 2. The molecule has 0 radical (unpaired) electrons. The fourth-order valence-electron chi connectivity index (χ4n) is 3.79. The fourth-order valence-corrected chi connectivity index (χ4v) is 3.79. The molecule has 0 amide bonds. The summed E-state index contributed by atoms with van der Waals surface area (Å²) < 4.78 is 14.3. The highest BCUT2D eigenvalue weighted by molar-refractivity contribution is 5.71. The summed E-state index contributed by atoms with van der Waals surface area (Å²) in [5.41, 5.74) is 2.04. The average molecular weight is 310 g/mol. The van der Waals surface area contributed by atoms with E-state index in [1.54, 1.807) is 24.3 Å². The van der Waals surface area contributed by atoms with Crippen LogP contribution in [0.2, 0.25) is 0 Å². The van der Waals surface area contributed by atoms with E-state index >= 15 is 0 Å². The van der Waals surface area contributed by atoms with Crippen molar-refractivity contribution in [3.05, 3.63) is 81.7 Å². The highest BCUT2D eigenvalue weighted by Gasteiger charge is 2.41. The van der Waals surface area contributed by atoms with Crippen molar-refractivity contribution >= 4 is 11.4 Å². The van der Waals surface area contributed by atoms with E-state index < -0.39 is 0 Å². The van der Waals surface area contributed by atoms with E-state index in [4.69, 9.17) is 0 Å². The fraction of sp³-hybridized carbons (Fsp3) is 0.222. The maximum atomic E-state index is 14.3. The molecule has 3 atom stereocenters. The Morgan fingerprint density at radius 1 is 1.13 bits per heavy atom.